The first-order chi connectivity index (χ1) is 7.28. The van der Waals surface area contributed by atoms with Gasteiger partial charge in [0.1, 0.15) is 0 Å². The van der Waals surface area contributed by atoms with Crippen LogP contribution in [0.15, 0.2) is 0 Å². The Labute approximate surface area is 90.8 Å². The van der Waals surface area contributed by atoms with Crippen LogP contribution in [0.2, 0.25) is 0 Å². The van der Waals surface area contributed by atoms with Crippen molar-refractivity contribution in [3.63, 3.8) is 0 Å². The van der Waals surface area contributed by atoms with Gasteiger partial charge < -0.3 is 4.74 Å². The van der Waals surface area contributed by atoms with Crippen LogP contribution in [0.5, 0.6) is 0 Å². The number of carbonyl (C=O) groups excluding carboxylic acids is 1. The molecule has 0 aromatic carbocycles. The van der Waals surface area contributed by atoms with E-state index in [-0.39, 0.29) is 5.97 Å². The Kier molecular flexibility index (Phi) is 2.23. The number of hydrogen-bond acceptors (Lipinski definition) is 3. The number of ether oxygens (including phenoxy) is 1. The maximum absolute atomic E-state index is 11.2. The summed E-state index contributed by atoms with van der Waals surface area (Å²) >= 11 is 0. The predicted octanol–water partition coefficient (Wildman–Crippen LogP) is 1.14. The van der Waals surface area contributed by atoms with Crippen molar-refractivity contribution in [3.05, 3.63) is 0 Å². The molecule has 0 unspecified atom stereocenters. The molecule has 0 spiro atoms. The van der Waals surface area contributed by atoms with E-state index < -0.39 is 0 Å². The average molecular weight is 209 g/mol. The molecule has 2 bridgehead atoms. The Morgan fingerprint density at radius 2 is 1.87 bits per heavy atom. The normalized spacial score (nSPS) is 43.3. The Morgan fingerprint density at radius 3 is 2.40 bits per heavy atom. The van der Waals surface area contributed by atoms with Gasteiger partial charge in [-0.3, -0.25) is 9.69 Å². The summed E-state index contributed by atoms with van der Waals surface area (Å²) in [6.45, 7) is 2.78. The number of hydrogen-bond donors (Lipinski definition) is 0. The van der Waals surface area contributed by atoms with Crippen LogP contribution >= 0.6 is 0 Å². The number of esters is 1. The summed E-state index contributed by atoms with van der Waals surface area (Å²) in [5, 5.41) is 0. The zero-order chi connectivity index (χ0) is 10.4. The fourth-order valence-electron chi connectivity index (χ4n) is 4.15. The van der Waals surface area contributed by atoms with Crippen LogP contribution in [0.25, 0.3) is 0 Å². The van der Waals surface area contributed by atoms with Crippen molar-refractivity contribution in [3.8, 4) is 0 Å². The summed E-state index contributed by atoms with van der Waals surface area (Å²) in [4.78, 5) is 13.5. The van der Waals surface area contributed by atoms with Crippen molar-refractivity contribution in [2.24, 2.45) is 23.7 Å². The van der Waals surface area contributed by atoms with Gasteiger partial charge in [-0.05, 0) is 42.9 Å². The van der Waals surface area contributed by atoms with Crippen molar-refractivity contribution in [1.82, 2.24) is 4.90 Å². The third-order valence-electron chi connectivity index (χ3n) is 4.79. The molecule has 0 aromatic rings. The Balaban J connectivity index is 1.62. The van der Waals surface area contributed by atoms with Crippen LogP contribution in [0, 0.1) is 23.7 Å². The van der Waals surface area contributed by atoms with Crippen molar-refractivity contribution >= 4 is 5.97 Å². The molecule has 0 aromatic heterocycles. The largest absolute Gasteiger partial charge is 0.468 e. The molecule has 0 amide bonds. The zero-order valence-corrected chi connectivity index (χ0v) is 9.32. The molecule has 2 aliphatic carbocycles. The van der Waals surface area contributed by atoms with E-state index in [0.717, 1.165) is 36.8 Å². The molecule has 4 atom stereocenters. The number of nitrogens with zero attached hydrogens (tertiary/aromatic N) is 1. The van der Waals surface area contributed by atoms with Gasteiger partial charge in [-0.15, -0.1) is 0 Å². The molecule has 3 nitrogen and oxygen atoms in total. The quantitative estimate of drug-likeness (QED) is 0.639. The van der Waals surface area contributed by atoms with Gasteiger partial charge >= 0.3 is 5.97 Å². The Bertz CT molecular complexity index is 261. The predicted molar refractivity (Wildman–Crippen MR) is 56.3 cm³/mol. The molecule has 2 saturated carbocycles. The van der Waals surface area contributed by atoms with Crippen molar-refractivity contribution in [2.75, 3.05) is 26.7 Å². The molecule has 1 heterocycles. The first-order valence-corrected chi connectivity index (χ1v) is 6.07. The molecule has 15 heavy (non-hydrogen) atoms. The van der Waals surface area contributed by atoms with E-state index in [1.165, 1.54) is 26.4 Å². The van der Waals surface area contributed by atoms with Gasteiger partial charge in [-0.2, -0.15) is 0 Å². The second-order valence-corrected chi connectivity index (χ2v) is 5.43. The van der Waals surface area contributed by atoms with E-state index in [1.54, 1.807) is 0 Å². The second-order valence-electron chi connectivity index (χ2n) is 5.43. The summed E-state index contributed by atoms with van der Waals surface area (Å²) in [6.07, 6.45) is 4.36. The lowest BCUT2D eigenvalue weighted by molar-refractivity contribution is -0.141. The van der Waals surface area contributed by atoms with Gasteiger partial charge in [-0.1, -0.05) is 0 Å². The summed E-state index contributed by atoms with van der Waals surface area (Å²) in [5.41, 5.74) is 0. The highest BCUT2D eigenvalue weighted by Crippen LogP contribution is 2.54. The first-order valence-electron chi connectivity index (χ1n) is 6.07. The van der Waals surface area contributed by atoms with Crippen LogP contribution < -0.4 is 0 Å². The Morgan fingerprint density at radius 1 is 1.27 bits per heavy atom. The van der Waals surface area contributed by atoms with E-state index in [1.807, 2.05) is 0 Å². The summed E-state index contributed by atoms with van der Waals surface area (Å²) < 4.78 is 4.72. The third kappa shape index (κ3) is 1.48. The SMILES string of the molecule is COC(=O)CN1C[C@@H]2[C@H]3CC[C@H](C3)[C@@H]2C1. The average Bonchev–Trinajstić information content (AvgIpc) is 2.87. The molecule has 3 aliphatic rings. The van der Waals surface area contributed by atoms with E-state index >= 15 is 0 Å². The minimum atomic E-state index is -0.0812. The molecular formula is C12H19NO2. The zero-order valence-electron chi connectivity index (χ0n) is 9.32. The van der Waals surface area contributed by atoms with Gasteiger partial charge in [-0.25, -0.2) is 0 Å². The van der Waals surface area contributed by atoms with Gasteiger partial charge in [0.2, 0.25) is 0 Å². The lowest BCUT2D eigenvalue weighted by Crippen LogP contribution is -2.29. The lowest BCUT2D eigenvalue weighted by atomic mass is 9.82. The van der Waals surface area contributed by atoms with Crippen LogP contribution in [-0.4, -0.2) is 37.6 Å². The molecule has 0 radical (unpaired) electrons. The first kappa shape index (κ1) is 9.64. The Hall–Kier alpha value is -0.570. The fourth-order valence-corrected chi connectivity index (χ4v) is 4.15. The molecule has 1 saturated heterocycles. The van der Waals surface area contributed by atoms with Crippen LogP contribution in [-0.2, 0) is 9.53 Å². The highest BCUT2D eigenvalue weighted by atomic mass is 16.5. The highest BCUT2D eigenvalue weighted by Gasteiger charge is 2.51. The van der Waals surface area contributed by atoms with Gasteiger partial charge in [0, 0.05) is 13.1 Å². The van der Waals surface area contributed by atoms with E-state index in [0.29, 0.717) is 6.54 Å². The lowest BCUT2D eigenvalue weighted by Gasteiger charge is -2.22. The van der Waals surface area contributed by atoms with Crippen molar-refractivity contribution < 1.29 is 9.53 Å². The van der Waals surface area contributed by atoms with Gasteiger partial charge in [0.15, 0.2) is 0 Å². The summed E-state index contributed by atoms with van der Waals surface area (Å²) in [5.74, 6) is 3.66. The van der Waals surface area contributed by atoms with Crippen LogP contribution in [0.3, 0.4) is 0 Å². The fraction of sp³-hybridized carbons (Fsp3) is 0.917. The number of methoxy groups -OCH3 is 1. The molecule has 84 valence electrons. The maximum atomic E-state index is 11.2. The molecular weight excluding hydrogens is 190 g/mol. The number of fused-ring (bicyclic) bond motifs is 5. The molecule has 0 N–H and O–H groups in total. The molecule has 3 heteroatoms. The number of carbonyl (C=O) groups is 1. The standard InChI is InChI=1S/C12H19NO2/c1-15-12(14)7-13-5-10-8-2-3-9(4-8)11(10)6-13/h8-11H,2-7H2,1H3/t8-,9+,10+,11-. The van der Waals surface area contributed by atoms with E-state index in [4.69, 9.17) is 4.74 Å². The van der Waals surface area contributed by atoms with Crippen LogP contribution in [0.1, 0.15) is 19.3 Å². The summed E-state index contributed by atoms with van der Waals surface area (Å²) in [6, 6.07) is 0. The molecule has 3 fully saturated rings. The topological polar surface area (TPSA) is 29.5 Å². The minimum Gasteiger partial charge on any atom is -0.468 e. The summed E-state index contributed by atoms with van der Waals surface area (Å²) in [7, 11) is 1.48. The van der Waals surface area contributed by atoms with Gasteiger partial charge in [0.05, 0.1) is 13.7 Å². The number of rotatable bonds is 2. The highest BCUT2D eigenvalue weighted by molar-refractivity contribution is 5.71. The van der Waals surface area contributed by atoms with E-state index in [2.05, 4.69) is 4.90 Å². The maximum Gasteiger partial charge on any atom is 0.319 e. The minimum absolute atomic E-state index is 0.0812. The van der Waals surface area contributed by atoms with Crippen molar-refractivity contribution in [1.29, 1.82) is 0 Å². The monoisotopic (exact) mass is 209 g/mol. The van der Waals surface area contributed by atoms with Crippen molar-refractivity contribution in [2.45, 2.75) is 19.3 Å². The third-order valence-corrected chi connectivity index (χ3v) is 4.79. The number of likely N-dealkylation sites (tertiary alicyclic amines) is 1. The molecule has 3 rings (SSSR count). The second kappa shape index (κ2) is 3.48. The van der Waals surface area contributed by atoms with E-state index in [9.17, 15) is 4.79 Å². The van der Waals surface area contributed by atoms with Crippen LogP contribution in [0.4, 0.5) is 0 Å². The smallest absolute Gasteiger partial charge is 0.319 e. The molecule has 1 aliphatic heterocycles. The van der Waals surface area contributed by atoms with Gasteiger partial charge in [0.25, 0.3) is 0 Å².